The third-order valence-electron chi connectivity index (χ3n) is 13.5. The summed E-state index contributed by atoms with van der Waals surface area (Å²) in [6.45, 7) is 0. The van der Waals surface area contributed by atoms with E-state index in [9.17, 15) is 0 Å². The van der Waals surface area contributed by atoms with Crippen molar-refractivity contribution in [2.24, 2.45) is 23.7 Å². The molecule has 0 amide bonds. The van der Waals surface area contributed by atoms with Crippen LogP contribution in [0.15, 0.2) is 152 Å². The van der Waals surface area contributed by atoms with E-state index in [4.69, 9.17) is 4.74 Å². The molecule has 0 N–H and O–H groups in total. The van der Waals surface area contributed by atoms with Crippen molar-refractivity contribution >= 4 is 59.3 Å². The average molecular weight is 702 g/mol. The normalized spacial score (nSPS) is 23.7. The minimum atomic E-state index is 0.0392. The second-order valence-electron chi connectivity index (χ2n) is 16.1. The van der Waals surface area contributed by atoms with Gasteiger partial charge in [-0.15, -0.1) is 11.3 Å². The molecule has 0 saturated heterocycles. The fourth-order valence-corrected chi connectivity index (χ4v) is 12.7. The van der Waals surface area contributed by atoms with Crippen molar-refractivity contribution in [3.05, 3.63) is 163 Å². The number of thiophene rings is 1. The third-order valence-corrected chi connectivity index (χ3v) is 14.6. The molecule has 0 unspecified atom stereocenters. The summed E-state index contributed by atoms with van der Waals surface area (Å²) in [7, 11) is 0. The number of rotatable bonds is 4. The van der Waals surface area contributed by atoms with Crippen LogP contribution >= 0.6 is 11.3 Å². The van der Waals surface area contributed by atoms with Gasteiger partial charge in [-0.1, -0.05) is 103 Å². The summed E-state index contributed by atoms with van der Waals surface area (Å²) in [5.41, 5.74) is 8.78. The number of hydrogen-bond acceptors (Lipinski definition) is 3. The Bertz CT molecular complexity index is 2710. The molecule has 1 spiro atoms. The zero-order valence-electron chi connectivity index (χ0n) is 29.5. The molecule has 4 saturated carbocycles. The van der Waals surface area contributed by atoms with Gasteiger partial charge in [0.25, 0.3) is 0 Å². The summed E-state index contributed by atoms with van der Waals surface area (Å²) in [5, 5.41) is 5.14. The highest BCUT2D eigenvalue weighted by molar-refractivity contribution is 7.25. The highest BCUT2D eigenvalue weighted by Crippen LogP contribution is 2.69. The van der Waals surface area contributed by atoms with Gasteiger partial charge in [0, 0.05) is 59.5 Å². The molecule has 4 bridgehead atoms. The van der Waals surface area contributed by atoms with E-state index in [2.05, 4.69) is 157 Å². The lowest BCUT2D eigenvalue weighted by molar-refractivity contribution is -0.0452. The molecule has 1 aliphatic heterocycles. The molecule has 256 valence electrons. The molecule has 0 atom stereocenters. The number of hydrogen-bond donors (Lipinski definition) is 0. The predicted molar refractivity (Wildman–Crippen MR) is 221 cm³/mol. The summed E-state index contributed by atoms with van der Waals surface area (Å²) in [6.07, 6.45) is 6.87. The van der Waals surface area contributed by atoms with E-state index < -0.39 is 0 Å². The molecule has 8 aromatic rings. The molecule has 0 radical (unpaired) electrons. The minimum Gasteiger partial charge on any atom is -0.457 e. The number of fused-ring (bicyclic) bond motifs is 6. The van der Waals surface area contributed by atoms with Crippen molar-refractivity contribution in [3.8, 4) is 22.6 Å². The Balaban J connectivity index is 1.00. The van der Waals surface area contributed by atoms with Gasteiger partial charge in [0.2, 0.25) is 0 Å². The van der Waals surface area contributed by atoms with Crippen LogP contribution in [-0.4, -0.2) is 0 Å². The number of benzene rings is 7. The average Bonchev–Trinajstić information content (AvgIpc) is 3.57. The molecule has 2 heterocycles. The monoisotopic (exact) mass is 701 g/mol. The topological polar surface area (TPSA) is 12.5 Å². The first kappa shape index (κ1) is 30.1. The first-order valence-electron chi connectivity index (χ1n) is 19.4. The number of anilines is 3. The van der Waals surface area contributed by atoms with Gasteiger partial charge >= 0.3 is 0 Å². The maximum absolute atomic E-state index is 6.97. The summed E-state index contributed by atoms with van der Waals surface area (Å²) < 4.78 is 9.64. The predicted octanol–water partition coefficient (Wildman–Crippen LogP) is 14.2. The fraction of sp³-hybridized carbons (Fsp3) is 0.200. The van der Waals surface area contributed by atoms with Gasteiger partial charge in [0.05, 0.1) is 5.69 Å². The molecule has 1 aromatic heterocycles. The fourth-order valence-electron chi connectivity index (χ4n) is 11.6. The molecule has 4 fully saturated rings. The number of para-hydroxylation sites is 1. The first-order valence-corrected chi connectivity index (χ1v) is 20.2. The van der Waals surface area contributed by atoms with Gasteiger partial charge < -0.3 is 9.64 Å². The van der Waals surface area contributed by atoms with Gasteiger partial charge in [0.1, 0.15) is 11.5 Å². The molecule has 2 nitrogen and oxygen atoms in total. The van der Waals surface area contributed by atoms with Crippen LogP contribution in [0, 0.1) is 23.7 Å². The lowest BCUT2D eigenvalue weighted by atomic mass is 9.42. The maximum atomic E-state index is 6.97. The zero-order valence-corrected chi connectivity index (χ0v) is 30.4. The van der Waals surface area contributed by atoms with Crippen molar-refractivity contribution < 1.29 is 4.74 Å². The second-order valence-corrected chi connectivity index (χ2v) is 17.2. The quantitative estimate of drug-likeness (QED) is 0.181. The Morgan fingerprint density at radius 3 is 2.00 bits per heavy atom. The highest BCUT2D eigenvalue weighted by Gasteiger charge is 2.61. The molecular weight excluding hydrogens is 663 g/mol. The minimum absolute atomic E-state index is 0.0392. The zero-order chi connectivity index (χ0) is 34.7. The first-order chi connectivity index (χ1) is 26.2. The van der Waals surface area contributed by atoms with Gasteiger partial charge in [-0.25, -0.2) is 0 Å². The van der Waals surface area contributed by atoms with E-state index in [1.807, 2.05) is 11.3 Å². The van der Waals surface area contributed by atoms with Crippen LogP contribution in [-0.2, 0) is 5.41 Å². The van der Waals surface area contributed by atoms with E-state index in [-0.39, 0.29) is 5.41 Å². The van der Waals surface area contributed by atoms with Gasteiger partial charge in [-0.2, -0.15) is 0 Å². The van der Waals surface area contributed by atoms with Crippen LogP contribution in [0.2, 0.25) is 0 Å². The van der Waals surface area contributed by atoms with Crippen LogP contribution in [0.1, 0.15) is 43.2 Å². The van der Waals surface area contributed by atoms with Gasteiger partial charge in [-0.05, 0) is 115 Å². The lowest BCUT2D eigenvalue weighted by Crippen LogP contribution is -2.56. The van der Waals surface area contributed by atoms with E-state index >= 15 is 0 Å². The summed E-state index contributed by atoms with van der Waals surface area (Å²) in [5.74, 6) is 5.26. The van der Waals surface area contributed by atoms with Crippen LogP contribution in [0.25, 0.3) is 42.1 Å². The van der Waals surface area contributed by atoms with E-state index in [0.29, 0.717) is 11.8 Å². The van der Waals surface area contributed by atoms with E-state index in [1.165, 1.54) is 91.0 Å². The summed E-state index contributed by atoms with van der Waals surface area (Å²) in [4.78, 5) is 2.44. The second kappa shape index (κ2) is 11.3. The van der Waals surface area contributed by atoms with Crippen LogP contribution in [0.4, 0.5) is 17.1 Å². The van der Waals surface area contributed by atoms with Crippen molar-refractivity contribution in [1.82, 2.24) is 0 Å². The molecule has 3 heteroatoms. The third kappa shape index (κ3) is 4.38. The van der Waals surface area contributed by atoms with Crippen LogP contribution in [0.5, 0.6) is 11.5 Å². The molecule has 5 aliphatic rings. The lowest BCUT2D eigenvalue weighted by Gasteiger charge is -2.63. The Kier molecular flexibility index (Phi) is 6.43. The summed E-state index contributed by atoms with van der Waals surface area (Å²) >= 11 is 1.88. The Labute approximate surface area is 314 Å². The highest BCUT2D eigenvalue weighted by atomic mass is 32.1. The Hall–Kier alpha value is -5.38. The SMILES string of the molecule is c1ccc2c(c1)Oc1cc(N(c3ccc(-c4ccc5c(c4)sc4ccccc45)cc3)c3cccc4ccccc34)ccc1C21C2CC3CC(C2)CC1C3. The smallest absolute Gasteiger partial charge is 0.133 e. The molecule has 53 heavy (non-hydrogen) atoms. The van der Waals surface area contributed by atoms with E-state index in [0.717, 1.165) is 34.7 Å². The Morgan fingerprint density at radius 2 is 1.15 bits per heavy atom. The molecule has 13 rings (SSSR count). The largest absolute Gasteiger partial charge is 0.457 e. The number of ether oxygens (including phenoxy) is 1. The van der Waals surface area contributed by atoms with Crippen LogP contribution in [0.3, 0.4) is 0 Å². The van der Waals surface area contributed by atoms with E-state index in [1.54, 1.807) is 0 Å². The van der Waals surface area contributed by atoms with Gasteiger partial charge in [-0.3, -0.25) is 0 Å². The maximum Gasteiger partial charge on any atom is 0.133 e. The van der Waals surface area contributed by atoms with Crippen LogP contribution < -0.4 is 9.64 Å². The van der Waals surface area contributed by atoms with Crippen molar-refractivity contribution in [1.29, 1.82) is 0 Å². The number of nitrogens with zero attached hydrogens (tertiary/aromatic N) is 1. The van der Waals surface area contributed by atoms with Crippen molar-refractivity contribution in [2.75, 3.05) is 4.90 Å². The Morgan fingerprint density at radius 1 is 0.491 bits per heavy atom. The molecule has 4 aliphatic carbocycles. The van der Waals surface area contributed by atoms with Crippen molar-refractivity contribution in [3.63, 3.8) is 0 Å². The van der Waals surface area contributed by atoms with Crippen molar-refractivity contribution in [2.45, 2.75) is 37.5 Å². The molecular formula is C50H39NOS. The standard InChI is InChI=1S/C50H39NOS/c1-2-10-40-34(8-1)9-7-13-45(40)51(38-19-16-33(17-20-38)35-18-22-42-41-11-3-6-15-48(41)53-49(42)29-35)39-21-23-44-47(30-39)52-46-14-5-4-12-43(46)50(44)36-25-31-24-32(27-36)28-37(50)26-31/h1-23,29-32,36-37H,24-28H2. The summed E-state index contributed by atoms with van der Waals surface area (Å²) in [6, 6.07) is 56.4. The van der Waals surface area contributed by atoms with Gasteiger partial charge in [0.15, 0.2) is 0 Å². The molecule has 7 aromatic carbocycles.